The highest BCUT2D eigenvalue weighted by Gasteiger charge is 2.35. The van der Waals surface area contributed by atoms with E-state index in [4.69, 9.17) is 9.47 Å². The Kier molecular flexibility index (Phi) is 6.86. The molecular formula is C15H27NO6. The first-order valence-electron chi connectivity index (χ1n) is 7.02. The smallest absolute Gasteiger partial charge is 0.410 e. The third-order valence-corrected chi connectivity index (χ3v) is 2.42. The minimum absolute atomic E-state index is 0.304. The molecule has 7 heteroatoms. The summed E-state index contributed by atoms with van der Waals surface area (Å²) >= 11 is 0. The molecule has 0 aliphatic carbocycles. The molecule has 0 aromatic carbocycles. The zero-order valence-electron chi connectivity index (χ0n) is 14.7. The summed E-state index contributed by atoms with van der Waals surface area (Å²) in [6.45, 7) is 10.2. The Morgan fingerprint density at radius 3 is 1.77 bits per heavy atom. The van der Waals surface area contributed by atoms with Crippen LogP contribution in [0.2, 0.25) is 0 Å². The quantitative estimate of drug-likeness (QED) is 0.583. The molecule has 22 heavy (non-hydrogen) atoms. The molecule has 0 N–H and O–H groups in total. The third kappa shape index (κ3) is 7.85. The maximum atomic E-state index is 12.2. The van der Waals surface area contributed by atoms with Crippen molar-refractivity contribution in [3.8, 4) is 0 Å². The van der Waals surface area contributed by atoms with Gasteiger partial charge in [0.05, 0.1) is 13.5 Å². The van der Waals surface area contributed by atoms with Crippen molar-refractivity contribution in [2.75, 3.05) is 14.2 Å². The van der Waals surface area contributed by atoms with Crippen molar-refractivity contribution in [3.05, 3.63) is 0 Å². The van der Waals surface area contributed by atoms with Gasteiger partial charge in [-0.05, 0) is 41.5 Å². The molecule has 0 aromatic heterocycles. The molecule has 0 aliphatic rings. The van der Waals surface area contributed by atoms with E-state index >= 15 is 0 Å². The number of carbonyl (C=O) groups is 3. The summed E-state index contributed by atoms with van der Waals surface area (Å²) in [7, 11) is 2.59. The van der Waals surface area contributed by atoms with Crippen molar-refractivity contribution in [1.29, 1.82) is 0 Å². The first-order chi connectivity index (χ1) is 9.76. The van der Waals surface area contributed by atoms with Crippen LogP contribution in [0.25, 0.3) is 0 Å². The third-order valence-electron chi connectivity index (χ3n) is 2.42. The van der Waals surface area contributed by atoms with E-state index in [2.05, 4.69) is 4.74 Å². The van der Waals surface area contributed by atoms with Gasteiger partial charge in [0, 0.05) is 7.05 Å². The topological polar surface area (TPSA) is 82.1 Å². The molecule has 1 amide bonds. The fourth-order valence-electron chi connectivity index (χ4n) is 1.45. The van der Waals surface area contributed by atoms with E-state index in [1.165, 1.54) is 14.2 Å². The molecule has 0 unspecified atom stereocenters. The molecule has 0 radical (unpaired) electrons. The Balaban J connectivity index is 5.18. The van der Waals surface area contributed by atoms with Crippen molar-refractivity contribution in [1.82, 2.24) is 4.90 Å². The summed E-state index contributed by atoms with van der Waals surface area (Å²) in [5.41, 5.74) is -1.45. The fraction of sp³-hybridized carbons (Fsp3) is 0.800. The van der Waals surface area contributed by atoms with Crippen molar-refractivity contribution >= 4 is 18.0 Å². The molecule has 0 saturated heterocycles. The van der Waals surface area contributed by atoms with Crippen LogP contribution >= 0.6 is 0 Å². The van der Waals surface area contributed by atoms with Gasteiger partial charge in [0.15, 0.2) is 0 Å². The lowest BCUT2D eigenvalue weighted by Gasteiger charge is -2.31. The van der Waals surface area contributed by atoms with Crippen LogP contribution in [0.1, 0.15) is 48.0 Å². The second-order valence-electron chi connectivity index (χ2n) is 6.92. The summed E-state index contributed by atoms with van der Waals surface area (Å²) in [5, 5.41) is 0. The van der Waals surface area contributed by atoms with Crippen LogP contribution in [0, 0.1) is 0 Å². The number of rotatable bonds is 4. The van der Waals surface area contributed by atoms with Gasteiger partial charge in [-0.1, -0.05) is 0 Å². The molecule has 0 aromatic rings. The van der Waals surface area contributed by atoms with Crippen molar-refractivity contribution in [2.45, 2.75) is 65.2 Å². The van der Waals surface area contributed by atoms with Crippen LogP contribution < -0.4 is 0 Å². The number of ether oxygens (including phenoxy) is 3. The van der Waals surface area contributed by atoms with Gasteiger partial charge in [0.2, 0.25) is 0 Å². The number of likely N-dealkylation sites (N-methyl/N-ethyl adjacent to an activating group) is 1. The van der Waals surface area contributed by atoms with Gasteiger partial charge >= 0.3 is 18.0 Å². The largest absolute Gasteiger partial charge is 0.469 e. The second-order valence-corrected chi connectivity index (χ2v) is 6.92. The van der Waals surface area contributed by atoms with E-state index in [-0.39, 0.29) is 6.42 Å². The Labute approximate surface area is 131 Å². The van der Waals surface area contributed by atoms with Crippen LogP contribution in [0.5, 0.6) is 0 Å². The van der Waals surface area contributed by atoms with Gasteiger partial charge in [-0.3, -0.25) is 9.69 Å². The summed E-state index contributed by atoms with van der Waals surface area (Å²) in [4.78, 5) is 36.9. The summed E-state index contributed by atoms with van der Waals surface area (Å²) < 4.78 is 15.0. The zero-order valence-corrected chi connectivity index (χ0v) is 14.7. The van der Waals surface area contributed by atoms with Crippen LogP contribution in [0.4, 0.5) is 4.79 Å². The number of carbonyl (C=O) groups excluding carboxylic acids is 3. The highest BCUT2D eigenvalue weighted by Crippen LogP contribution is 2.16. The number of hydrogen-bond donors (Lipinski definition) is 0. The molecule has 0 aliphatic heterocycles. The predicted octanol–water partition coefficient (Wildman–Crippen LogP) is 2.13. The van der Waals surface area contributed by atoms with Gasteiger partial charge in [-0.25, -0.2) is 9.59 Å². The molecule has 128 valence electrons. The van der Waals surface area contributed by atoms with E-state index in [0.29, 0.717) is 0 Å². The van der Waals surface area contributed by atoms with Gasteiger partial charge in [-0.2, -0.15) is 0 Å². The highest BCUT2D eigenvalue weighted by atomic mass is 16.6. The molecule has 0 saturated carbocycles. The van der Waals surface area contributed by atoms with Gasteiger partial charge in [-0.15, -0.1) is 0 Å². The van der Waals surface area contributed by atoms with Crippen molar-refractivity contribution < 1.29 is 28.6 Å². The second kappa shape index (κ2) is 7.47. The van der Waals surface area contributed by atoms with Crippen LogP contribution in [0.15, 0.2) is 0 Å². The number of esters is 2. The maximum absolute atomic E-state index is 12.2. The van der Waals surface area contributed by atoms with Crippen LogP contribution in [-0.4, -0.2) is 54.3 Å². The van der Waals surface area contributed by atoms with E-state index < -0.39 is 35.3 Å². The molecule has 1 atom stereocenters. The highest BCUT2D eigenvalue weighted by molar-refractivity contribution is 5.86. The van der Waals surface area contributed by atoms with E-state index in [9.17, 15) is 14.4 Å². The molecule has 0 heterocycles. The maximum Gasteiger partial charge on any atom is 0.410 e. The average molecular weight is 317 g/mol. The molecule has 0 fully saturated rings. The Morgan fingerprint density at radius 1 is 0.955 bits per heavy atom. The summed E-state index contributed by atoms with van der Waals surface area (Å²) in [6, 6.07) is -1.11. The molecular weight excluding hydrogens is 290 g/mol. The molecule has 0 bridgehead atoms. The normalized spacial score (nSPS) is 13.1. The predicted molar refractivity (Wildman–Crippen MR) is 80.3 cm³/mol. The van der Waals surface area contributed by atoms with E-state index in [0.717, 1.165) is 4.90 Å². The number of amides is 1. The van der Waals surface area contributed by atoms with Crippen LogP contribution in [0.3, 0.4) is 0 Å². The zero-order chi connectivity index (χ0) is 17.7. The summed E-state index contributed by atoms with van der Waals surface area (Å²) in [6.07, 6.45) is -1.02. The van der Waals surface area contributed by atoms with Gasteiger partial charge in [0.1, 0.15) is 17.2 Å². The minimum Gasteiger partial charge on any atom is -0.469 e. The van der Waals surface area contributed by atoms with Crippen LogP contribution in [-0.2, 0) is 23.8 Å². The lowest BCUT2D eigenvalue weighted by Crippen LogP contribution is -2.48. The number of nitrogens with zero attached hydrogens (tertiary/aromatic N) is 1. The molecule has 0 spiro atoms. The van der Waals surface area contributed by atoms with Crippen molar-refractivity contribution in [2.24, 2.45) is 0 Å². The standard InChI is InChI=1S/C15H27NO6/c1-14(2,3)21-12(18)10(9-11(17)20-8)16(7)13(19)22-15(4,5)6/h10H,9H2,1-8H3/t10-/m0/s1. The monoisotopic (exact) mass is 317 g/mol. The lowest BCUT2D eigenvalue weighted by atomic mass is 10.1. The van der Waals surface area contributed by atoms with E-state index in [1.807, 2.05) is 0 Å². The average Bonchev–Trinajstić information content (AvgIpc) is 2.30. The van der Waals surface area contributed by atoms with E-state index in [1.54, 1.807) is 41.5 Å². The first-order valence-corrected chi connectivity index (χ1v) is 7.02. The SMILES string of the molecule is COC(=O)C[C@@H](C(=O)OC(C)(C)C)N(C)C(=O)OC(C)(C)C. The van der Waals surface area contributed by atoms with Gasteiger partial charge < -0.3 is 14.2 Å². The Hall–Kier alpha value is -1.79. The summed E-state index contributed by atoms with van der Waals surface area (Å²) in [5.74, 6) is -1.31. The fourth-order valence-corrected chi connectivity index (χ4v) is 1.45. The molecule has 7 nitrogen and oxygen atoms in total. The van der Waals surface area contributed by atoms with Crippen molar-refractivity contribution in [3.63, 3.8) is 0 Å². The number of methoxy groups -OCH3 is 1. The number of hydrogen-bond acceptors (Lipinski definition) is 6. The first kappa shape index (κ1) is 20.2. The molecule has 0 rings (SSSR count). The van der Waals surface area contributed by atoms with Gasteiger partial charge in [0.25, 0.3) is 0 Å². The lowest BCUT2D eigenvalue weighted by molar-refractivity contribution is -0.164. The Morgan fingerprint density at radius 2 is 1.41 bits per heavy atom. The Bertz CT molecular complexity index is 419. The minimum atomic E-state index is -1.11.